The molecular weight excluding hydrogens is 305 g/mol. The summed E-state index contributed by atoms with van der Waals surface area (Å²) in [5, 5.41) is 2.51. The van der Waals surface area contributed by atoms with E-state index in [0.717, 1.165) is 0 Å². The molecule has 2 amide bonds. The average Bonchev–Trinajstić information content (AvgIpc) is 2.87. The minimum Gasteiger partial charge on any atom is -0.423 e. The van der Waals surface area contributed by atoms with E-state index in [0.29, 0.717) is 37.7 Å². The van der Waals surface area contributed by atoms with Crippen LogP contribution in [-0.2, 0) is 14.3 Å². The van der Waals surface area contributed by atoms with Crippen molar-refractivity contribution in [2.45, 2.75) is 13.2 Å². The van der Waals surface area contributed by atoms with Gasteiger partial charge in [0.25, 0.3) is 0 Å². The van der Waals surface area contributed by atoms with Crippen molar-refractivity contribution >= 4 is 23.4 Å². The molecule has 2 heterocycles. The van der Waals surface area contributed by atoms with Crippen molar-refractivity contribution < 1.29 is 23.5 Å². The number of benzene rings is 1. The molecule has 0 radical (unpaired) electrons. The minimum atomic E-state index is -0.720. The highest BCUT2D eigenvalue weighted by atomic mass is 19.1. The van der Waals surface area contributed by atoms with Crippen LogP contribution in [0, 0.1) is 5.82 Å². The molecule has 7 nitrogen and oxygen atoms in total. The zero-order chi connectivity index (χ0) is 16.4. The van der Waals surface area contributed by atoms with Crippen LogP contribution in [0.3, 0.4) is 0 Å². The van der Waals surface area contributed by atoms with Crippen molar-refractivity contribution in [2.75, 3.05) is 42.6 Å². The number of ether oxygens (including phenoxy) is 2. The van der Waals surface area contributed by atoms with E-state index in [1.165, 1.54) is 17.9 Å². The second kappa shape index (κ2) is 6.41. The number of cyclic esters (lactones) is 1. The second-order valence-corrected chi connectivity index (χ2v) is 5.42. The third-order valence-corrected chi connectivity index (χ3v) is 3.77. The maximum Gasteiger partial charge on any atom is 0.416 e. The topological polar surface area (TPSA) is 71.1 Å². The quantitative estimate of drug-likeness (QED) is 0.901. The van der Waals surface area contributed by atoms with E-state index in [-0.39, 0.29) is 12.5 Å². The van der Waals surface area contributed by atoms with Crippen LogP contribution in [0.2, 0.25) is 0 Å². The molecule has 0 spiro atoms. The van der Waals surface area contributed by atoms with E-state index in [2.05, 4.69) is 5.32 Å². The fraction of sp³-hybridized carbons (Fsp3) is 0.467. The fourth-order valence-electron chi connectivity index (χ4n) is 2.70. The van der Waals surface area contributed by atoms with Gasteiger partial charge in [0.05, 0.1) is 31.1 Å². The number of hydrogen-bond donors (Lipinski definition) is 1. The molecule has 0 saturated carbocycles. The Labute approximate surface area is 132 Å². The van der Waals surface area contributed by atoms with Crippen LogP contribution in [0.5, 0.6) is 0 Å². The average molecular weight is 323 g/mol. The monoisotopic (exact) mass is 323 g/mol. The van der Waals surface area contributed by atoms with Crippen LogP contribution in [0.15, 0.2) is 18.2 Å². The Morgan fingerprint density at radius 2 is 2.09 bits per heavy atom. The number of amides is 2. The molecule has 0 bridgehead atoms. The van der Waals surface area contributed by atoms with Gasteiger partial charge in [-0.3, -0.25) is 9.69 Å². The third kappa shape index (κ3) is 3.37. The molecule has 0 aliphatic carbocycles. The van der Waals surface area contributed by atoms with Crippen LogP contribution in [0.1, 0.15) is 6.92 Å². The van der Waals surface area contributed by atoms with E-state index in [4.69, 9.17) is 9.47 Å². The maximum atomic E-state index is 14.4. The van der Waals surface area contributed by atoms with Gasteiger partial charge < -0.3 is 19.7 Å². The van der Waals surface area contributed by atoms with Gasteiger partial charge in [-0.15, -0.1) is 0 Å². The molecule has 1 aromatic carbocycles. The van der Waals surface area contributed by atoms with Crippen LogP contribution in [0.25, 0.3) is 0 Å². The van der Waals surface area contributed by atoms with Crippen LogP contribution in [0.4, 0.5) is 20.6 Å². The number of halogens is 1. The highest BCUT2D eigenvalue weighted by molar-refractivity contribution is 5.90. The number of nitrogens with one attached hydrogen (secondary N) is 1. The van der Waals surface area contributed by atoms with E-state index in [9.17, 15) is 14.0 Å². The van der Waals surface area contributed by atoms with Crippen LogP contribution < -0.4 is 15.1 Å². The number of carbonyl (C=O) groups is 2. The molecule has 0 unspecified atom stereocenters. The number of carbonyl (C=O) groups excluding carboxylic acids is 2. The summed E-state index contributed by atoms with van der Waals surface area (Å²) in [5.74, 6) is -0.696. The lowest BCUT2D eigenvalue weighted by atomic mass is 10.2. The van der Waals surface area contributed by atoms with Gasteiger partial charge in [0.1, 0.15) is 5.82 Å². The molecule has 1 N–H and O–H groups in total. The van der Waals surface area contributed by atoms with Gasteiger partial charge in [0.2, 0.25) is 5.91 Å². The first-order valence-electron chi connectivity index (χ1n) is 7.42. The van der Waals surface area contributed by atoms with E-state index in [1.54, 1.807) is 12.1 Å². The number of hydrogen-bond acceptors (Lipinski definition) is 5. The van der Waals surface area contributed by atoms with Crippen molar-refractivity contribution in [1.82, 2.24) is 5.32 Å². The Hall–Kier alpha value is -2.35. The van der Waals surface area contributed by atoms with Gasteiger partial charge in [-0.1, -0.05) is 0 Å². The number of nitrogens with zero attached hydrogens (tertiary/aromatic N) is 2. The Kier molecular flexibility index (Phi) is 4.33. The zero-order valence-electron chi connectivity index (χ0n) is 12.8. The second-order valence-electron chi connectivity index (χ2n) is 5.42. The molecule has 3 rings (SSSR count). The summed E-state index contributed by atoms with van der Waals surface area (Å²) in [7, 11) is 0. The largest absolute Gasteiger partial charge is 0.423 e. The number of anilines is 2. The van der Waals surface area contributed by atoms with Crippen molar-refractivity contribution in [1.29, 1.82) is 0 Å². The predicted octanol–water partition coefficient (Wildman–Crippen LogP) is 1.08. The third-order valence-electron chi connectivity index (χ3n) is 3.77. The Morgan fingerprint density at radius 1 is 1.35 bits per heavy atom. The normalized spacial score (nSPS) is 21.3. The first-order chi connectivity index (χ1) is 11.0. The van der Waals surface area contributed by atoms with Crippen LogP contribution in [-0.4, -0.2) is 51.1 Å². The van der Waals surface area contributed by atoms with Gasteiger partial charge in [-0.05, 0) is 18.2 Å². The first-order valence-corrected chi connectivity index (χ1v) is 7.42. The molecule has 2 fully saturated rings. The summed E-state index contributed by atoms with van der Waals surface area (Å²) in [5.41, 5.74) is 0.889. The summed E-state index contributed by atoms with van der Waals surface area (Å²) in [6, 6.07) is 4.63. The Balaban J connectivity index is 1.75. The summed E-state index contributed by atoms with van der Waals surface area (Å²) in [6.07, 6.45) is -1.33. The SMILES string of the molecule is CC(=O)N[C@H]1CN(c2ccc(N3CCOCC3)c(F)c2)C(=O)O1. The molecule has 2 aliphatic heterocycles. The van der Waals surface area contributed by atoms with E-state index >= 15 is 0 Å². The highest BCUT2D eigenvalue weighted by Crippen LogP contribution is 2.28. The van der Waals surface area contributed by atoms with E-state index < -0.39 is 18.1 Å². The molecule has 2 saturated heterocycles. The standard InChI is InChI=1S/C15H18FN3O4/c1-10(20)17-14-9-19(15(21)23-14)11-2-3-13(12(16)8-11)18-4-6-22-7-5-18/h2-3,8,14H,4-7,9H2,1H3,(H,17,20)/t14-/m1/s1. The number of rotatable bonds is 3. The summed E-state index contributed by atoms with van der Waals surface area (Å²) < 4.78 is 24.7. The molecular formula is C15H18FN3O4. The van der Waals surface area contributed by atoms with Gasteiger partial charge >= 0.3 is 6.09 Å². The molecule has 2 aliphatic rings. The minimum absolute atomic E-state index is 0.148. The molecule has 23 heavy (non-hydrogen) atoms. The highest BCUT2D eigenvalue weighted by Gasteiger charge is 2.33. The summed E-state index contributed by atoms with van der Waals surface area (Å²) >= 11 is 0. The lowest BCUT2D eigenvalue weighted by molar-refractivity contribution is -0.121. The van der Waals surface area contributed by atoms with Crippen molar-refractivity contribution in [2.24, 2.45) is 0 Å². The molecule has 1 atom stereocenters. The fourth-order valence-corrected chi connectivity index (χ4v) is 2.70. The summed E-state index contributed by atoms with van der Waals surface area (Å²) in [6.45, 7) is 3.89. The maximum absolute atomic E-state index is 14.4. The van der Waals surface area contributed by atoms with Gasteiger partial charge in [0, 0.05) is 20.0 Å². The van der Waals surface area contributed by atoms with Crippen molar-refractivity contribution in [3.8, 4) is 0 Å². The molecule has 8 heteroatoms. The summed E-state index contributed by atoms with van der Waals surface area (Å²) in [4.78, 5) is 26.1. The van der Waals surface area contributed by atoms with Crippen molar-refractivity contribution in [3.05, 3.63) is 24.0 Å². The molecule has 0 aromatic heterocycles. The predicted molar refractivity (Wildman–Crippen MR) is 80.9 cm³/mol. The van der Waals surface area contributed by atoms with Gasteiger partial charge in [-0.2, -0.15) is 0 Å². The Morgan fingerprint density at radius 3 is 2.74 bits per heavy atom. The van der Waals surface area contributed by atoms with Crippen LogP contribution >= 0.6 is 0 Å². The number of morpholine rings is 1. The van der Waals surface area contributed by atoms with Crippen molar-refractivity contribution in [3.63, 3.8) is 0 Å². The molecule has 124 valence electrons. The zero-order valence-corrected chi connectivity index (χ0v) is 12.8. The van der Waals surface area contributed by atoms with E-state index in [1.807, 2.05) is 4.90 Å². The lowest BCUT2D eigenvalue weighted by Gasteiger charge is -2.29. The smallest absolute Gasteiger partial charge is 0.416 e. The lowest BCUT2D eigenvalue weighted by Crippen LogP contribution is -2.37. The molecule has 1 aromatic rings. The van der Waals surface area contributed by atoms with Gasteiger partial charge in [0.15, 0.2) is 6.23 Å². The van der Waals surface area contributed by atoms with Gasteiger partial charge in [-0.25, -0.2) is 9.18 Å². The first kappa shape index (κ1) is 15.5. The Bertz CT molecular complexity index is 619.